The van der Waals surface area contributed by atoms with E-state index in [2.05, 4.69) is 10.1 Å². The Morgan fingerprint density at radius 2 is 1.82 bits per heavy atom. The lowest BCUT2D eigenvalue weighted by atomic mass is 9.91. The summed E-state index contributed by atoms with van der Waals surface area (Å²) in [6.07, 6.45) is -2.25. The summed E-state index contributed by atoms with van der Waals surface area (Å²) in [4.78, 5) is 3.61. The number of hydrogen-bond acceptors (Lipinski definition) is 5. The summed E-state index contributed by atoms with van der Waals surface area (Å²) in [5, 5.41) is 14.6. The van der Waals surface area contributed by atoms with Crippen LogP contribution in [0.25, 0.3) is 0 Å². The van der Waals surface area contributed by atoms with Crippen LogP contribution in [0.5, 0.6) is 11.5 Å². The van der Waals surface area contributed by atoms with Gasteiger partial charge in [0.25, 0.3) is 0 Å². The largest absolute Gasteiger partial charge is 0.493 e. The molecule has 1 N–H and O–H groups in total. The van der Waals surface area contributed by atoms with Gasteiger partial charge >= 0.3 is 6.11 Å². The lowest BCUT2D eigenvalue weighted by Gasteiger charge is -2.35. The number of para-hydroxylation sites is 2. The van der Waals surface area contributed by atoms with E-state index in [0.29, 0.717) is 6.07 Å². The highest BCUT2D eigenvalue weighted by Gasteiger charge is 2.59. The maximum atomic E-state index is 15.2. The maximum absolute atomic E-state index is 15.2. The summed E-state index contributed by atoms with van der Waals surface area (Å²) >= 11 is 0. The van der Waals surface area contributed by atoms with Gasteiger partial charge in [0.15, 0.2) is 11.5 Å². The Morgan fingerprint density at radius 3 is 2.43 bits per heavy atom. The van der Waals surface area contributed by atoms with Crippen molar-refractivity contribution in [2.75, 3.05) is 7.11 Å². The number of ether oxygens (including phenoxy) is 2. The van der Waals surface area contributed by atoms with E-state index in [1.807, 2.05) is 0 Å². The molecule has 1 heterocycles. The van der Waals surface area contributed by atoms with Gasteiger partial charge in [-0.05, 0) is 24.3 Å². The van der Waals surface area contributed by atoms with E-state index in [-0.39, 0.29) is 11.5 Å². The van der Waals surface area contributed by atoms with Gasteiger partial charge in [-0.2, -0.15) is 13.9 Å². The van der Waals surface area contributed by atoms with Crippen molar-refractivity contribution in [3.63, 3.8) is 0 Å². The second-order valence-corrected chi connectivity index (χ2v) is 5.85. The van der Waals surface area contributed by atoms with Gasteiger partial charge in [-0.1, -0.05) is 12.1 Å². The van der Waals surface area contributed by atoms with Crippen molar-refractivity contribution in [2.45, 2.75) is 18.3 Å². The fourth-order valence-electron chi connectivity index (χ4n) is 2.63. The van der Waals surface area contributed by atoms with E-state index < -0.39 is 35.5 Å². The van der Waals surface area contributed by atoms with Gasteiger partial charge in [-0.25, -0.2) is 18.4 Å². The fraction of sp³-hybridized carbons (Fsp3) is 0.222. The number of benzene rings is 2. The van der Waals surface area contributed by atoms with Gasteiger partial charge in [0.2, 0.25) is 5.60 Å². The molecule has 2 aromatic carbocycles. The molecule has 3 aromatic rings. The van der Waals surface area contributed by atoms with Crippen molar-refractivity contribution in [1.82, 2.24) is 14.8 Å². The summed E-state index contributed by atoms with van der Waals surface area (Å²) in [6.45, 7) is -0.919. The minimum absolute atomic E-state index is 0.0233. The molecule has 0 aliphatic heterocycles. The normalized spacial score (nSPS) is 13.8. The van der Waals surface area contributed by atoms with E-state index in [1.165, 1.54) is 31.4 Å². The monoisotopic (exact) mass is 397 g/mol. The van der Waals surface area contributed by atoms with E-state index in [9.17, 15) is 13.9 Å². The summed E-state index contributed by atoms with van der Waals surface area (Å²) in [5.74, 6) is -2.76. The maximum Gasteiger partial charge on any atom is 0.433 e. The standard InChI is InChI=1S/C18H15F4N3O3/c1-27-15-4-2-3-5-16(15)28-18(21,22)17(26,9-25-11-23-10-24-25)13-7-6-12(19)8-14(13)20/h2-8,10-11,26H,9H2,1H3. The SMILES string of the molecule is COc1ccccc1OC(F)(F)C(O)(Cn1cncn1)c1ccc(F)cc1F. The Kier molecular flexibility index (Phi) is 5.23. The molecule has 0 fully saturated rings. The van der Waals surface area contributed by atoms with Crippen molar-refractivity contribution >= 4 is 0 Å². The van der Waals surface area contributed by atoms with Crippen LogP contribution in [0.15, 0.2) is 55.1 Å². The highest BCUT2D eigenvalue weighted by Crippen LogP contribution is 2.43. The molecule has 3 rings (SSSR count). The van der Waals surface area contributed by atoms with Crippen molar-refractivity contribution in [2.24, 2.45) is 0 Å². The minimum Gasteiger partial charge on any atom is -0.493 e. The quantitative estimate of drug-likeness (QED) is 0.621. The second kappa shape index (κ2) is 7.47. The summed E-state index contributed by atoms with van der Waals surface area (Å²) in [6, 6.07) is 7.39. The molecule has 28 heavy (non-hydrogen) atoms. The molecule has 0 aliphatic rings. The Labute approximate surface area is 157 Å². The second-order valence-electron chi connectivity index (χ2n) is 5.85. The number of alkyl halides is 2. The number of methoxy groups -OCH3 is 1. The van der Waals surface area contributed by atoms with Crippen LogP contribution in [0, 0.1) is 11.6 Å². The molecule has 1 aromatic heterocycles. The third-order valence-electron chi connectivity index (χ3n) is 4.02. The van der Waals surface area contributed by atoms with Gasteiger partial charge < -0.3 is 14.6 Å². The number of hydrogen-bond donors (Lipinski definition) is 1. The predicted octanol–water partition coefficient (Wildman–Crippen LogP) is 3.12. The van der Waals surface area contributed by atoms with Crippen molar-refractivity contribution in [3.8, 4) is 11.5 Å². The van der Waals surface area contributed by atoms with Crippen LogP contribution in [0.4, 0.5) is 17.6 Å². The van der Waals surface area contributed by atoms with Crippen LogP contribution >= 0.6 is 0 Å². The zero-order chi connectivity index (χ0) is 20.4. The molecule has 0 bridgehead atoms. The molecule has 1 atom stereocenters. The molecule has 1 unspecified atom stereocenters. The highest BCUT2D eigenvalue weighted by molar-refractivity contribution is 5.40. The molecule has 0 saturated heterocycles. The summed E-state index contributed by atoms with van der Waals surface area (Å²) in [7, 11) is 1.25. The first-order valence-corrected chi connectivity index (χ1v) is 7.97. The fourth-order valence-corrected chi connectivity index (χ4v) is 2.63. The molecule has 0 aliphatic carbocycles. The first kappa shape index (κ1) is 19.6. The van der Waals surface area contributed by atoms with Crippen LogP contribution < -0.4 is 9.47 Å². The van der Waals surface area contributed by atoms with Gasteiger partial charge in [0.1, 0.15) is 24.3 Å². The van der Waals surface area contributed by atoms with E-state index >= 15 is 8.78 Å². The van der Waals surface area contributed by atoms with Crippen molar-refractivity contribution in [3.05, 3.63) is 72.3 Å². The Hall–Kier alpha value is -3.14. The van der Waals surface area contributed by atoms with Crippen LogP contribution in [-0.4, -0.2) is 33.1 Å². The highest BCUT2D eigenvalue weighted by atomic mass is 19.3. The van der Waals surface area contributed by atoms with E-state index in [1.54, 1.807) is 0 Å². The average Bonchev–Trinajstić information content (AvgIpc) is 3.14. The third-order valence-corrected chi connectivity index (χ3v) is 4.02. The van der Waals surface area contributed by atoms with Gasteiger partial charge in [0.05, 0.1) is 13.7 Å². The van der Waals surface area contributed by atoms with Gasteiger partial charge in [-0.15, -0.1) is 0 Å². The number of halogens is 4. The summed E-state index contributed by atoms with van der Waals surface area (Å²) < 4.78 is 68.6. The predicted molar refractivity (Wildman–Crippen MR) is 88.8 cm³/mol. The third kappa shape index (κ3) is 3.63. The Bertz CT molecular complexity index is 953. The smallest absolute Gasteiger partial charge is 0.433 e. The average molecular weight is 397 g/mol. The number of rotatable bonds is 7. The minimum atomic E-state index is -4.37. The van der Waals surface area contributed by atoms with E-state index in [0.717, 1.165) is 29.5 Å². The Morgan fingerprint density at radius 1 is 1.11 bits per heavy atom. The van der Waals surface area contributed by atoms with Gasteiger partial charge in [-0.3, -0.25) is 0 Å². The molecule has 6 nitrogen and oxygen atoms in total. The van der Waals surface area contributed by atoms with E-state index in [4.69, 9.17) is 9.47 Å². The molecule has 0 radical (unpaired) electrons. The number of aliphatic hydroxyl groups is 1. The Balaban J connectivity index is 2.09. The van der Waals surface area contributed by atoms with Gasteiger partial charge in [0, 0.05) is 11.6 Å². The molecule has 0 saturated carbocycles. The lowest BCUT2D eigenvalue weighted by molar-refractivity contribution is -0.301. The zero-order valence-corrected chi connectivity index (χ0v) is 14.5. The molecule has 148 valence electrons. The van der Waals surface area contributed by atoms with Crippen molar-refractivity contribution in [1.29, 1.82) is 0 Å². The molecule has 0 amide bonds. The first-order chi connectivity index (χ1) is 13.3. The molecular weight excluding hydrogens is 382 g/mol. The van der Waals surface area contributed by atoms with Crippen molar-refractivity contribution < 1.29 is 32.1 Å². The lowest BCUT2D eigenvalue weighted by Crippen LogP contribution is -2.52. The zero-order valence-electron chi connectivity index (χ0n) is 14.5. The summed E-state index contributed by atoms with van der Waals surface area (Å²) in [5.41, 5.74) is -4.12. The molecule has 0 spiro atoms. The van der Waals surface area contributed by atoms with Crippen LogP contribution in [-0.2, 0) is 12.1 Å². The number of nitrogens with zero attached hydrogens (tertiary/aromatic N) is 3. The topological polar surface area (TPSA) is 69.4 Å². The molecule has 10 heteroatoms. The first-order valence-electron chi connectivity index (χ1n) is 7.97. The molecular formula is C18H15F4N3O3. The van der Waals surface area contributed by atoms with Crippen LogP contribution in [0.3, 0.4) is 0 Å². The van der Waals surface area contributed by atoms with Crippen LogP contribution in [0.1, 0.15) is 5.56 Å². The van der Waals surface area contributed by atoms with Crippen LogP contribution in [0.2, 0.25) is 0 Å². The number of aromatic nitrogens is 3.